The second-order valence-corrected chi connectivity index (χ2v) is 6.35. The Morgan fingerprint density at radius 1 is 0.913 bits per heavy atom. The Balaban J connectivity index is 2.02. The zero-order chi connectivity index (χ0) is 16.4. The summed E-state index contributed by atoms with van der Waals surface area (Å²) in [5, 5.41) is 0. The van der Waals surface area contributed by atoms with Crippen molar-refractivity contribution >= 4 is 11.4 Å². The Morgan fingerprint density at radius 2 is 1.43 bits per heavy atom. The predicted molar refractivity (Wildman–Crippen MR) is 90.4 cm³/mol. The molecule has 3 rings (SSSR count). The molecule has 2 nitrogen and oxygen atoms in total. The molecular formula is C19H22F2N2. The number of hydrogen-bond donors (Lipinski definition) is 0. The van der Waals surface area contributed by atoms with Crippen LogP contribution in [0.4, 0.5) is 20.2 Å². The van der Waals surface area contributed by atoms with Crippen LogP contribution in [0, 0.1) is 11.6 Å². The number of anilines is 2. The Morgan fingerprint density at radius 3 is 1.91 bits per heavy atom. The van der Waals surface area contributed by atoms with Crippen molar-refractivity contribution in [2.75, 3.05) is 32.1 Å². The van der Waals surface area contributed by atoms with E-state index in [2.05, 4.69) is 9.80 Å². The molecule has 0 saturated heterocycles. The first-order valence-corrected chi connectivity index (χ1v) is 8.04. The minimum Gasteiger partial charge on any atom is -0.341 e. The number of aryl methyl sites for hydroxylation is 2. The lowest BCUT2D eigenvalue weighted by Gasteiger charge is -2.27. The zero-order valence-corrected chi connectivity index (χ0v) is 13.6. The summed E-state index contributed by atoms with van der Waals surface area (Å²) >= 11 is 0. The van der Waals surface area contributed by atoms with E-state index in [-0.39, 0.29) is 11.6 Å². The molecule has 0 N–H and O–H groups in total. The van der Waals surface area contributed by atoms with Gasteiger partial charge in [0.1, 0.15) is 11.6 Å². The Hall–Kier alpha value is -1.94. The van der Waals surface area contributed by atoms with Crippen molar-refractivity contribution in [1.82, 2.24) is 4.90 Å². The van der Waals surface area contributed by atoms with Gasteiger partial charge in [-0.3, -0.25) is 0 Å². The molecule has 0 bridgehead atoms. The number of nitrogens with zero attached hydrogens (tertiary/aromatic N) is 2. The van der Waals surface area contributed by atoms with E-state index in [1.807, 2.05) is 26.2 Å². The summed E-state index contributed by atoms with van der Waals surface area (Å²) in [5.41, 5.74) is 3.97. The van der Waals surface area contributed by atoms with Gasteiger partial charge in [-0.1, -0.05) is 12.1 Å². The third-order valence-electron chi connectivity index (χ3n) is 4.33. The molecular weight excluding hydrogens is 294 g/mol. The van der Waals surface area contributed by atoms with Gasteiger partial charge in [0.15, 0.2) is 0 Å². The highest BCUT2D eigenvalue weighted by atomic mass is 19.1. The highest BCUT2D eigenvalue weighted by Gasteiger charge is 2.21. The van der Waals surface area contributed by atoms with Gasteiger partial charge in [0.05, 0.1) is 0 Å². The molecule has 4 heteroatoms. The van der Waals surface area contributed by atoms with E-state index in [9.17, 15) is 8.78 Å². The second-order valence-electron chi connectivity index (χ2n) is 6.35. The number of rotatable bonds is 4. The highest BCUT2D eigenvalue weighted by Crippen LogP contribution is 2.37. The van der Waals surface area contributed by atoms with Gasteiger partial charge in [0.25, 0.3) is 0 Å². The molecule has 0 atom stereocenters. The summed E-state index contributed by atoms with van der Waals surface area (Å²) in [6.07, 6.45) is 2.62. The fourth-order valence-electron chi connectivity index (χ4n) is 3.18. The normalized spacial score (nSPS) is 13.7. The van der Waals surface area contributed by atoms with Crippen molar-refractivity contribution < 1.29 is 8.78 Å². The second kappa shape index (κ2) is 6.67. The SMILES string of the molecule is CN(C)CCCN1c2cc(F)ccc2CCc2ccc(F)cc21. The Labute approximate surface area is 136 Å². The zero-order valence-electron chi connectivity index (χ0n) is 13.6. The van der Waals surface area contributed by atoms with Crippen molar-refractivity contribution in [2.24, 2.45) is 0 Å². The number of benzene rings is 2. The fraction of sp³-hybridized carbons (Fsp3) is 0.368. The van der Waals surface area contributed by atoms with E-state index in [0.717, 1.165) is 54.9 Å². The summed E-state index contributed by atoms with van der Waals surface area (Å²) in [5.74, 6) is -0.498. The molecule has 0 amide bonds. The maximum atomic E-state index is 13.8. The molecule has 2 aromatic carbocycles. The molecule has 0 aliphatic carbocycles. The molecule has 2 aromatic rings. The van der Waals surface area contributed by atoms with Gasteiger partial charge >= 0.3 is 0 Å². The van der Waals surface area contributed by atoms with E-state index in [1.165, 1.54) is 12.1 Å². The van der Waals surface area contributed by atoms with Crippen LogP contribution in [0.1, 0.15) is 17.5 Å². The predicted octanol–water partition coefficient (Wildman–Crippen LogP) is 4.15. The largest absolute Gasteiger partial charge is 0.341 e. The molecule has 0 saturated carbocycles. The van der Waals surface area contributed by atoms with Crippen LogP contribution >= 0.6 is 0 Å². The first kappa shape index (κ1) is 15.9. The molecule has 1 heterocycles. The van der Waals surface area contributed by atoms with E-state index in [4.69, 9.17) is 0 Å². The number of hydrogen-bond acceptors (Lipinski definition) is 2. The first-order valence-electron chi connectivity index (χ1n) is 8.04. The van der Waals surface area contributed by atoms with Crippen LogP contribution in [0.2, 0.25) is 0 Å². The van der Waals surface area contributed by atoms with Gasteiger partial charge in [-0.25, -0.2) is 8.78 Å². The van der Waals surface area contributed by atoms with Crippen LogP contribution < -0.4 is 4.90 Å². The van der Waals surface area contributed by atoms with E-state index in [1.54, 1.807) is 12.1 Å². The lowest BCUT2D eigenvalue weighted by atomic mass is 10.0. The fourth-order valence-corrected chi connectivity index (χ4v) is 3.18. The van der Waals surface area contributed by atoms with Crippen molar-refractivity contribution in [1.29, 1.82) is 0 Å². The van der Waals surface area contributed by atoms with Crippen LogP contribution in [0.15, 0.2) is 36.4 Å². The smallest absolute Gasteiger partial charge is 0.125 e. The van der Waals surface area contributed by atoms with Gasteiger partial charge in [0, 0.05) is 17.9 Å². The molecule has 1 aliphatic heterocycles. The lowest BCUT2D eigenvalue weighted by Crippen LogP contribution is -2.24. The van der Waals surface area contributed by atoms with Crippen LogP contribution in [0.3, 0.4) is 0 Å². The molecule has 0 spiro atoms. The van der Waals surface area contributed by atoms with Gasteiger partial charge in [-0.05, 0) is 75.3 Å². The van der Waals surface area contributed by atoms with Crippen molar-refractivity contribution in [3.05, 3.63) is 59.2 Å². The summed E-state index contributed by atoms with van der Waals surface area (Å²) in [4.78, 5) is 4.20. The van der Waals surface area contributed by atoms with Gasteiger partial charge in [-0.2, -0.15) is 0 Å². The van der Waals surface area contributed by atoms with Crippen LogP contribution in [-0.2, 0) is 12.8 Å². The molecule has 122 valence electrons. The third kappa shape index (κ3) is 3.53. The van der Waals surface area contributed by atoms with Crippen LogP contribution in [0.5, 0.6) is 0 Å². The Kier molecular flexibility index (Phi) is 4.62. The summed E-state index contributed by atoms with van der Waals surface area (Å²) < 4.78 is 27.6. The molecule has 0 fully saturated rings. The molecule has 0 unspecified atom stereocenters. The average Bonchev–Trinajstić information content (AvgIpc) is 2.64. The first-order chi connectivity index (χ1) is 11.0. The average molecular weight is 316 g/mol. The topological polar surface area (TPSA) is 6.48 Å². The lowest BCUT2D eigenvalue weighted by molar-refractivity contribution is 0.402. The van der Waals surface area contributed by atoms with Gasteiger partial charge in [0.2, 0.25) is 0 Å². The monoisotopic (exact) mass is 316 g/mol. The molecule has 0 aromatic heterocycles. The van der Waals surface area contributed by atoms with E-state index < -0.39 is 0 Å². The summed E-state index contributed by atoms with van der Waals surface area (Å²) in [6.45, 7) is 1.68. The quantitative estimate of drug-likeness (QED) is 0.836. The number of fused-ring (bicyclic) bond motifs is 2. The van der Waals surface area contributed by atoms with Crippen molar-refractivity contribution in [3.63, 3.8) is 0 Å². The third-order valence-corrected chi connectivity index (χ3v) is 4.33. The Bertz CT molecular complexity index is 644. The summed E-state index contributed by atoms with van der Waals surface area (Å²) in [7, 11) is 4.06. The maximum absolute atomic E-state index is 13.8. The minimum atomic E-state index is -0.249. The van der Waals surface area contributed by atoms with Crippen LogP contribution in [-0.4, -0.2) is 32.1 Å². The molecule has 0 radical (unpaired) electrons. The minimum absolute atomic E-state index is 0.249. The van der Waals surface area contributed by atoms with E-state index >= 15 is 0 Å². The van der Waals surface area contributed by atoms with Crippen LogP contribution in [0.25, 0.3) is 0 Å². The molecule has 1 aliphatic rings. The van der Waals surface area contributed by atoms with Crippen molar-refractivity contribution in [3.8, 4) is 0 Å². The van der Waals surface area contributed by atoms with Crippen molar-refractivity contribution in [2.45, 2.75) is 19.3 Å². The molecule has 23 heavy (non-hydrogen) atoms. The number of halogens is 2. The van der Waals surface area contributed by atoms with E-state index in [0.29, 0.717) is 0 Å². The standard InChI is InChI=1S/C19H22F2N2/c1-22(2)10-3-11-23-18-12-16(20)8-6-14(18)4-5-15-7-9-17(21)13-19(15)23/h6-9,12-13H,3-5,10-11H2,1-2H3. The maximum Gasteiger partial charge on any atom is 0.125 e. The summed E-state index contributed by atoms with van der Waals surface area (Å²) in [6, 6.07) is 9.87. The van der Waals surface area contributed by atoms with Gasteiger partial charge in [-0.15, -0.1) is 0 Å². The highest BCUT2D eigenvalue weighted by molar-refractivity contribution is 5.71. The van der Waals surface area contributed by atoms with Gasteiger partial charge < -0.3 is 9.80 Å².